The molecule has 1 aromatic heterocycles. The van der Waals surface area contributed by atoms with Gasteiger partial charge in [-0.1, -0.05) is 12.1 Å². The molecule has 2 aromatic carbocycles. The summed E-state index contributed by atoms with van der Waals surface area (Å²) in [7, 11) is 1.34. The van der Waals surface area contributed by atoms with Gasteiger partial charge < -0.3 is 14.8 Å². The molecule has 0 saturated carbocycles. The van der Waals surface area contributed by atoms with Crippen molar-refractivity contribution in [3.05, 3.63) is 48.0 Å². The van der Waals surface area contributed by atoms with Gasteiger partial charge >= 0.3 is 5.97 Å². The topological polar surface area (TPSA) is 75.2 Å². The lowest BCUT2D eigenvalue weighted by atomic mass is 10.2. The van der Waals surface area contributed by atoms with Gasteiger partial charge in [0.2, 0.25) is 0 Å². The number of aromatic nitrogens is 2. The maximum atomic E-state index is 11.5. The first-order valence-corrected chi connectivity index (χ1v) is 6.05. The Morgan fingerprint density at radius 1 is 1.25 bits per heavy atom. The number of phenols is 1. The van der Waals surface area contributed by atoms with E-state index in [2.05, 4.69) is 14.7 Å². The summed E-state index contributed by atoms with van der Waals surface area (Å²) >= 11 is 0. The molecule has 1 heterocycles. The van der Waals surface area contributed by atoms with Crippen LogP contribution in [0.15, 0.2) is 42.5 Å². The van der Waals surface area contributed by atoms with Crippen LogP contribution >= 0.6 is 0 Å². The van der Waals surface area contributed by atoms with E-state index in [0.29, 0.717) is 22.5 Å². The van der Waals surface area contributed by atoms with E-state index in [1.807, 2.05) is 6.07 Å². The maximum Gasteiger partial charge on any atom is 0.337 e. The monoisotopic (exact) mass is 268 g/mol. The molecular formula is C15H12N2O3. The third kappa shape index (κ3) is 1.99. The molecule has 0 radical (unpaired) electrons. The van der Waals surface area contributed by atoms with Crippen LogP contribution in [0.25, 0.3) is 22.4 Å². The molecule has 0 fully saturated rings. The Morgan fingerprint density at radius 2 is 2.05 bits per heavy atom. The molecule has 0 bridgehead atoms. The highest BCUT2D eigenvalue weighted by Crippen LogP contribution is 2.28. The van der Waals surface area contributed by atoms with Crippen molar-refractivity contribution in [3.8, 4) is 17.1 Å². The lowest BCUT2D eigenvalue weighted by molar-refractivity contribution is 0.0601. The second kappa shape index (κ2) is 4.70. The fourth-order valence-corrected chi connectivity index (χ4v) is 2.06. The van der Waals surface area contributed by atoms with E-state index in [1.54, 1.807) is 36.4 Å². The summed E-state index contributed by atoms with van der Waals surface area (Å²) in [6.07, 6.45) is 0. The van der Waals surface area contributed by atoms with E-state index in [9.17, 15) is 9.90 Å². The second-order valence-electron chi connectivity index (χ2n) is 4.33. The molecule has 3 aromatic rings. The molecule has 0 spiro atoms. The summed E-state index contributed by atoms with van der Waals surface area (Å²) in [5.41, 5.74) is 2.50. The fraction of sp³-hybridized carbons (Fsp3) is 0.0667. The number of carbonyl (C=O) groups excluding carboxylic acids is 1. The van der Waals surface area contributed by atoms with Crippen molar-refractivity contribution in [2.24, 2.45) is 0 Å². The molecule has 0 aliphatic rings. The summed E-state index contributed by atoms with van der Waals surface area (Å²) in [4.78, 5) is 19.0. The van der Waals surface area contributed by atoms with Gasteiger partial charge in [-0.25, -0.2) is 9.78 Å². The summed E-state index contributed by atoms with van der Waals surface area (Å²) in [6.45, 7) is 0. The summed E-state index contributed by atoms with van der Waals surface area (Å²) < 4.78 is 4.68. The van der Waals surface area contributed by atoms with E-state index in [-0.39, 0.29) is 5.75 Å². The van der Waals surface area contributed by atoms with Crippen molar-refractivity contribution in [2.75, 3.05) is 7.11 Å². The number of methoxy groups -OCH3 is 1. The molecule has 5 nitrogen and oxygen atoms in total. The second-order valence-corrected chi connectivity index (χ2v) is 4.33. The number of H-pyrrole nitrogens is 1. The van der Waals surface area contributed by atoms with Crippen LogP contribution in [0.3, 0.4) is 0 Å². The fourth-order valence-electron chi connectivity index (χ4n) is 2.06. The first-order chi connectivity index (χ1) is 9.69. The van der Waals surface area contributed by atoms with Crippen molar-refractivity contribution in [3.63, 3.8) is 0 Å². The van der Waals surface area contributed by atoms with Crippen molar-refractivity contribution in [2.45, 2.75) is 0 Å². The number of esters is 1. The molecule has 0 atom stereocenters. The number of nitrogens with zero attached hydrogens (tertiary/aromatic N) is 1. The van der Waals surface area contributed by atoms with Crippen molar-refractivity contribution in [1.82, 2.24) is 9.97 Å². The van der Waals surface area contributed by atoms with Crippen LogP contribution in [0.2, 0.25) is 0 Å². The van der Waals surface area contributed by atoms with Gasteiger partial charge in [-0.3, -0.25) is 0 Å². The molecule has 0 aliphatic carbocycles. The van der Waals surface area contributed by atoms with Crippen LogP contribution in [-0.4, -0.2) is 28.2 Å². The van der Waals surface area contributed by atoms with Crippen molar-refractivity contribution in [1.29, 1.82) is 0 Å². The number of benzene rings is 2. The molecule has 3 rings (SSSR count). The minimum Gasteiger partial charge on any atom is -0.507 e. The Labute approximate surface area is 114 Å². The number of nitrogens with one attached hydrogen (secondary N) is 1. The Kier molecular flexibility index (Phi) is 2.87. The van der Waals surface area contributed by atoms with Gasteiger partial charge in [-0.2, -0.15) is 0 Å². The van der Waals surface area contributed by atoms with E-state index in [1.165, 1.54) is 7.11 Å². The number of rotatable bonds is 2. The average Bonchev–Trinajstić information content (AvgIpc) is 2.89. The number of ether oxygens (including phenoxy) is 1. The summed E-state index contributed by atoms with van der Waals surface area (Å²) in [5.74, 6) is 0.311. The van der Waals surface area contributed by atoms with Crippen LogP contribution in [0, 0.1) is 0 Å². The van der Waals surface area contributed by atoms with Gasteiger partial charge in [0.15, 0.2) is 0 Å². The summed E-state index contributed by atoms with van der Waals surface area (Å²) in [5, 5.41) is 9.84. The third-order valence-corrected chi connectivity index (χ3v) is 3.06. The van der Waals surface area contributed by atoms with E-state index in [0.717, 1.165) is 5.52 Å². The Balaban J connectivity index is 2.12. The SMILES string of the molecule is COC(=O)c1ccc2nc(-c3ccccc3O)[nH]c2c1. The largest absolute Gasteiger partial charge is 0.507 e. The third-order valence-electron chi connectivity index (χ3n) is 3.06. The highest BCUT2D eigenvalue weighted by Gasteiger charge is 2.11. The van der Waals surface area contributed by atoms with Crippen LogP contribution in [0.5, 0.6) is 5.75 Å². The molecule has 0 aliphatic heterocycles. The Bertz CT molecular complexity index is 793. The van der Waals surface area contributed by atoms with Crippen LogP contribution in [-0.2, 0) is 4.74 Å². The zero-order valence-electron chi connectivity index (χ0n) is 10.8. The van der Waals surface area contributed by atoms with Gasteiger partial charge in [0.25, 0.3) is 0 Å². The maximum absolute atomic E-state index is 11.5. The van der Waals surface area contributed by atoms with Crippen molar-refractivity contribution >= 4 is 17.0 Å². The van der Waals surface area contributed by atoms with E-state index < -0.39 is 5.97 Å². The highest BCUT2D eigenvalue weighted by molar-refractivity contribution is 5.94. The molecule has 100 valence electrons. The van der Waals surface area contributed by atoms with Crippen LogP contribution in [0.4, 0.5) is 0 Å². The molecule has 0 unspecified atom stereocenters. The summed E-state index contributed by atoms with van der Waals surface area (Å²) in [6, 6.07) is 12.0. The zero-order chi connectivity index (χ0) is 14.1. The van der Waals surface area contributed by atoms with Gasteiger partial charge in [-0.05, 0) is 30.3 Å². The molecule has 0 saturated heterocycles. The predicted octanol–water partition coefficient (Wildman–Crippen LogP) is 2.72. The van der Waals surface area contributed by atoms with Gasteiger partial charge in [0.1, 0.15) is 11.6 Å². The normalized spacial score (nSPS) is 10.7. The minimum atomic E-state index is -0.398. The number of hydrogen-bond donors (Lipinski definition) is 2. The number of hydrogen-bond acceptors (Lipinski definition) is 4. The standard InChI is InChI=1S/C15H12N2O3/c1-20-15(19)9-6-7-11-12(8-9)17-14(16-11)10-4-2-3-5-13(10)18/h2-8,18H,1H3,(H,16,17). The molecular weight excluding hydrogens is 256 g/mol. The Hall–Kier alpha value is -2.82. The first kappa shape index (κ1) is 12.2. The molecule has 5 heteroatoms. The van der Waals surface area contributed by atoms with Gasteiger partial charge in [0.05, 0.1) is 29.3 Å². The molecule has 20 heavy (non-hydrogen) atoms. The lowest BCUT2D eigenvalue weighted by Gasteiger charge is -1.99. The molecule has 2 N–H and O–H groups in total. The first-order valence-electron chi connectivity index (χ1n) is 6.05. The number of aromatic hydroxyl groups is 1. The van der Waals surface area contributed by atoms with E-state index in [4.69, 9.17) is 0 Å². The van der Waals surface area contributed by atoms with Crippen LogP contribution in [0.1, 0.15) is 10.4 Å². The number of phenolic OH excluding ortho intramolecular Hbond substituents is 1. The number of aromatic amines is 1. The minimum absolute atomic E-state index is 0.153. The smallest absolute Gasteiger partial charge is 0.337 e. The van der Waals surface area contributed by atoms with Gasteiger partial charge in [0, 0.05) is 0 Å². The Morgan fingerprint density at radius 3 is 2.80 bits per heavy atom. The average molecular weight is 268 g/mol. The number of carbonyl (C=O) groups is 1. The zero-order valence-corrected chi connectivity index (χ0v) is 10.8. The highest BCUT2D eigenvalue weighted by atomic mass is 16.5. The quantitative estimate of drug-likeness (QED) is 0.701. The number of imidazole rings is 1. The predicted molar refractivity (Wildman–Crippen MR) is 74.5 cm³/mol. The molecule has 0 amide bonds. The number of para-hydroxylation sites is 1. The number of fused-ring (bicyclic) bond motifs is 1. The lowest BCUT2D eigenvalue weighted by Crippen LogP contribution is -2.00. The van der Waals surface area contributed by atoms with Gasteiger partial charge in [-0.15, -0.1) is 0 Å². The van der Waals surface area contributed by atoms with Crippen LogP contribution < -0.4 is 0 Å². The van der Waals surface area contributed by atoms with E-state index >= 15 is 0 Å². The van der Waals surface area contributed by atoms with Crippen molar-refractivity contribution < 1.29 is 14.6 Å².